The van der Waals surface area contributed by atoms with E-state index in [1.807, 2.05) is 4.68 Å². The summed E-state index contributed by atoms with van der Waals surface area (Å²) >= 11 is 4.66. The smallest absolute Gasteiger partial charge is 0.156 e. The van der Waals surface area contributed by atoms with Gasteiger partial charge in [0.2, 0.25) is 0 Å². The van der Waals surface area contributed by atoms with Gasteiger partial charge in [-0.1, -0.05) is 6.92 Å². The van der Waals surface area contributed by atoms with Crippen molar-refractivity contribution in [2.75, 3.05) is 0 Å². The van der Waals surface area contributed by atoms with Gasteiger partial charge in [0.05, 0.1) is 6.04 Å². The van der Waals surface area contributed by atoms with Gasteiger partial charge in [-0.3, -0.25) is 0 Å². The minimum atomic E-state index is 0.0699. The molecule has 1 fully saturated rings. The summed E-state index contributed by atoms with van der Waals surface area (Å²) in [6.07, 6.45) is 6.97. The van der Waals surface area contributed by atoms with E-state index >= 15 is 0 Å². The molecule has 0 aliphatic heterocycles. The Bertz CT molecular complexity index is 399. The molecule has 0 radical (unpaired) electrons. The van der Waals surface area contributed by atoms with E-state index in [9.17, 15) is 0 Å². The Hall–Kier alpha value is -1.04. The normalized spacial score (nSPS) is 24.1. The van der Waals surface area contributed by atoms with Crippen LogP contribution >= 0.6 is 12.2 Å². The van der Waals surface area contributed by atoms with Crippen LogP contribution in [0, 0.1) is 5.92 Å². The molecule has 1 aromatic heterocycles. The second-order valence-corrected chi connectivity index (χ2v) is 5.67. The van der Waals surface area contributed by atoms with Gasteiger partial charge in [-0.15, -0.1) is 5.10 Å². The highest BCUT2D eigenvalue weighted by Crippen LogP contribution is 2.31. The molecule has 100 valence electrons. The van der Waals surface area contributed by atoms with Crippen molar-refractivity contribution in [1.29, 1.82) is 0 Å². The van der Waals surface area contributed by atoms with Gasteiger partial charge in [0.15, 0.2) is 10.9 Å². The molecule has 1 N–H and O–H groups in total. The van der Waals surface area contributed by atoms with E-state index in [0.717, 1.165) is 37.4 Å². The topological polar surface area (TPSA) is 63.8 Å². The second kappa shape index (κ2) is 6.22. The number of aliphatic hydroxyl groups is 1. The molecule has 0 aromatic carbocycles. The molecule has 1 aliphatic rings. The van der Waals surface area contributed by atoms with E-state index in [-0.39, 0.29) is 5.05 Å². The summed E-state index contributed by atoms with van der Waals surface area (Å²) in [7, 11) is 0. The fraction of sp³-hybridized carbons (Fsp3) is 0.833. The molecule has 0 amide bonds. The molecular formula is C12H20N4OS. The molecule has 5 nitrogen and oxygen atoms in total. The van der Waals surface area contributed by atoms with Crippen LogP contribution in [0.15, 0.2) is 0 Å². The molecule has 1 aliphatic carbocycles. The van der Waals surface area contributed by atoms with Gasteiger partial charge in [-0.2, -0.15) is 0 Å². The molecule has 1 heterocycles. The van der Waals surface area contributed by atoms with Crippen LogP contribution in [0.3, 0.4) is 0 Å². The average molecular weight is 268 g/mol. The summed E-state index contributed by atoms with van der Waals surface area (Å²) in [4.78, 5) is 0. The zero-order chi connectivity index (χ0) is 13.0. The van der Waals surface area contributed by atoms with Crippen molar-refractivity contribution < 1.29 is 5.11 Å². The van der Waals surface area contributed by atoms with Gasteiger partial charge in [0.1, 0.15) is 0 Å². The van der Waals surface area contributed by atoms with E-state index in [2.05, 4.69) is 34.7 Å². The van der Waals surface area contributed by atoms with Gasteiger partial charge in [0, 0.05) is 12.8 Å². The van der Waals surface area contributed by atoms with Crippen LogP contribution in [-0.4, -0.2) is 30.4 Å². The Balaban J connectivity index is 1.92. The Kier molecular flexibility index (Phi) is 4.63. The van der Waals surface area contributed by atoms with Crippen LogP contribution in [-0.2, 0) is 6.42 Å². The zero-order valence-electron chi connectivity index (χ0n) is 10.7. The van der Waals surface area contributed by atoms with Gasteiger partial charge in [0.25, 0.3) is 0 Å². The SMILES string of the molecule is CC1CCC(n2nnnc2CCCC(O)=S)CC1. The first kappa shape index (κ1) is 13.4. The van der Waals surface area contributed by atoms with Crippen molar-refractivity contribution in [3.8, 4) is 0 Å². The number of thiocarbonyl (C=S) groups is 1. The molecule has 0 unspecified atom stereocenters. The Morgan fingerprint density at radius 2 is 2.11 bits per heavy atom. The summed E-state index contributed by atoms with van der Waals surface area (Å²) in [6.45, 7) is 2.30. The number of aliphatic hydroxyl groups excluding tert-OH is 1. The maximum Gasteiger partial charge on any atom is 0.156 e. The minimum absolute atomic E-state index is 0.0699. The highest BCUT2D eigenvalue weighted by Gasteiger charge is 2.22. The first-order valence-electron chi connectivity index (χ1n) is 6.65. The van der Waals surface area contributed by atoms with Gasteiger partial charge >= 0.3 is 0 Å². The van der Waals surface area contributed by atoms with Crippen LogP contribution in [0.5, 0.6) is 0 Å². The van der Waals surface area contributed by atoms with Crippen LogP contribution in [0.4, 0.5) is 0 Å². The molecule has 1 aromatic rings. The zero-order valence-corrected chi connectivity index (χ0v) is 11.6. The Morgan fingerprint density at radius 3 is 2.78 bits per heavy atom. The van der Waals surface area contributed by atoms with E-state index in [4.69, 9.17) is 5.11 Å². The summed E-state index contributed by atoms with van der Waals surface area (Å²) in [5.74, 6) is 1.75. The van der Waals surface area contributed by atoms with Crippen molar-refractivity contribution in [1.82, 2.24) is 20.2 Å². The third-order valence-electron chi connectivity index (χ3n) is 3.68. The Morgan fingerprint density at radius 1 is 1.39 bits per heavy atom. The number of hydrogen-bond donors (Lipinski definition) is 1. The van der Waals surface area contributed by atoms with E-state index in [0.29, 0.717) is 12.5 Å². The largest absolute Gasteiger partial charge is 0.502 e. The highest BCUT2D eigenvalue weighted by atomic mass is 32.1. The number of aryl methyl sites for hydroxylation is 1. The van der Waals surface area contributed by atoms with Crippen molar-refractivity contribution in [3.63, 3.8) is 0 Å². The summed E-state index contributed by atoms with van der Waals surface area (Å²) in [5, 5.41) is 21.1. The van der Waals surface area contributed by atoms with E-state index in [1.165, 1.54) is 12.8 Å². The number of hydrogen-bond acceptors (Lipinski definition) is 4. The molecule has 2 rings (SSSR count). The molecule has 1 saturated carbocycles. The summed E-state index contributed by atoms with van der Waals surface area (Å²) in [5.41, 5.74) is 0. The molecule has 0 saturated heterocycles. The van der Waals surface area contributed by atoms with Gasteiger partial charge < -0.3 is 5.11 Å². The fourth-order valence-electron chi connectivity index (χ4n) is 2.55. The number of aromatic nitrogens is 4. The average Bonchev–Trinajstić information content (AvgIpc) is 2.78. The third-order valence-corrected chi connectivity index (χ3v) is 3.89. The van der Waals surface area contributed by atoms with Crippen molar-refractivity contribution in [2.24, 2.45) is 5.92 Å². The lowest BCUT2D eigenvalue weighted by molar-refractivity contribution is 0.265. The molecule has 6 heteroatoms. The fourth-order valence-corrected chi connectivity index (χ4v) is 2.69. The predicted molar refractivity (Wildman–Crippen MR) is 72.7 cm³/mol. The molecule has 0 bridgehead atoms. The number of tetrazole rings is 1. The molecule has 0 atom stereocenters. The maximum absolute atomic E-state index is 9.00. The van der Waals surface area contributed by atoms with Crippen molar-refractivity contribution in [3.05, 3.63) is 5.82 Å². The first-order valence-corrected chi connectivity index (χ1v) is 7.06. The monoisotopic (exact) mass is 268 g/mol. The van der Waals surface area contributed by atoms with Crippen LogP contribution in [0.1, 0.15) is 57.3 Å². The lowest BCUT2D eigenvalue weighted by Gasteiger charge is -2.26. The summed E-state index contributed by atoms with van der Waals surface area (Å²) in [6, 6.07) is 0.451. The maximum atomic E-state index is 9.00. The van der Waals surface area contributed by atoms with Gasteiger partial charge in [-0.05, 0) is 60.7 Å². The van der Waals surface area contributed by atoms with E-state index in [1.54, 1.807) is 0 Å². The summed E-state index contributed by atoms with van der Waals surface area (Å²) < 4.78 is 1.98. The first-order chi connectivity index (χ1) is 8.66. The van der Waals surface area contributed by atoms with Crippen molar-refractivity contribution >= 4 is 17.3 Å². The van der Waals surface area contributed by atoms with Gasteiger partial charge in [-0.25, -0.2) is 4.68 Å². The minimum Gasteiger partial charge on any atom is -0.502 e. The van der Waals surface area contributed by atoms with Crippen LogP contribution in [0.2, 0.25) is 0 Å². The highest BCUT2D eigenvalue weighted by molar-refractivity contribution is 7.80. The number of rotatable bonds is 5. The van der Waals surface area contributed by atoms with Crippen molar-refractivity contribution in [2.45, 2.75) is 57.9 Å². The number of nitrogens with zero attached hydrogens (tertiary/aromatic N) is 4. The standard InChI is InChI=1S/C12H20N4OS/c1-9-5-7-10(8-6-9)16-11(13-14-15-16)3-2-4-12(17)18/h9-10H,2-8H2,1H3,(H,17,18). The Labute approximate surface area is 113 Å². The van der Waals surface area contributed by atoms with Crippen LogP contribution < -0.4 is 0 Å². The van der Waals surface area contributed by atoms with Crippen LogP contribution in [0.25, 0.3) is 0 Å². The third kappa shape index (κ3) is 3.48. The van der Waals surface area contributed by atoms with E-state index < -0.39 is 0 Å². The quantitative estimate of drug-likeness (QED) is 0.832. The lowest BCUT2D eigenvalue weighted by atomic mass is 9.87. The molecular weight excluding hydrogens is 248 g/mol. The second-order valence-electron chi connectivity index (χ2n) is 5.20. The molecule has 18 heavy (non-hydrogen) atoms. The lowest BCUT2D eigenvalue weighted by Crippen LogP contribution is -2.20. The molecule has 0 spiro atoms. The predicted octanol–water partition coefficient (Wildman–Crippen LogP) is 2.63.